The van der Waals surface area contributed by atoms with Crippen LogP contribution in [0.25, 0.3) is 0 Å². The van der Waals surface area contributed by atoms with Crippen molar-refractivity contribution < 1.29 is 9.53 Å². The van der Waals surface area contributed by atoms with Crippen molar-refractivity contribution in [1.29, 1.82) is 5.41 Å². The molecule has 62 valence electrons. The van der Waals surface area contributed by atoms with Gasteiger partial charge in [0, 0.05) is 5.57 Å². The van der Waals surface area contributed by atoms with Gasteiger partial charge in [0.15, 0.2) is 0 Å². The van der Waals surface area contributed by atoms with E-state index in [4.69, 9.17) is 5.41 Å². The standard InChI is InChI=1S/C5H8O2.C3H5N/c1-4(2)5(6)7-3;1-2-3-4/h1H2,2-3H3;2,4H,1H3. The molecule has 0 saturated carbocycles. The van der Waals surface area contributed by atoms with E-state index in [1.54, 1.807) is 19.9 Å². The molecule has 0 aliphatic heterocycles. The van der Waals surface area contributed by atoms with Gasteiger partial charge in [0.2, 0.25) is 0 Å². The van der Waals surface area contributed by atoms with E-state index in [0.717, 1.165) is 0 Å². The summed E-state index contributed by atoms with van der Waals surface area (Å²) in [6.07, 6.45) is 1.54. The molecule has 3 heteroatoms. The first-order valence-electron chi connectivity index (χ1n) is 3.04. The van der Waals surface area contributed by atoms with Crippen LogP contribution in [0.3, 0.4) is 0 Å². The van der Waals surface area contributed by atoms with E-state index < -0.39 is 0 Å². The molecule has 0 spiro atoms. The van der Waals surface area contributed by atoms with Crippen molar-refractivity contribution in [2.24, 2.45) is 0 Å². The Morgan fingerprint density at radius 3 is 2.09 bits per heavy atom. The number of hydrogen-bond donors (Lipinski definition) is 1. The lowest BCUT2D eigenvalue weighted by Gasteiger charge is -1.91. The number of carbonyl (C=O) groups is 1. The molecular formula is C8H13NO2. The van der Waals surface area contributed by atoms with Crippen LogP contribution in [0.2, 0.25) is 0 Å². The third-order valence-corrected chi connectivity index (χ3v) is 0.678. The van der Waals surface area contributed by atoms with E-state index in [0.29, 0.717) is 5.57 Å². The van der Waals surface area contributed by atoms with Gasteiger partial charge in [-0.2, -0.15) is 0 Å². The quantitative estimate of drug-likeness (QED) is 0.355. The Bertz CT molecular complexity index is 179. The maximum atomic E-state index is 10.2. The zero-order valence-corrected chi connectivity index (χ0v) is 7.10. The molecule has 0 unspecified atom stereocenters. The Balaban J connectivity index is 0. The van der Waals surface area contributed by atoms with Crippen LogP contribution in [0.5, 0.6) is 0 Å². The average Bonchev–Trinajstić information content (AvgIpc) is 2.03. The van der Waals surface area contributed by atoms with Crippen LogP contribution < -0.4 is 0 Å². The second-order valence-corrected chi connectivity index (χ2v) is 1.70. The number of methoxy groups -OCH3 is 1. The van der Waals surface area contributed by atoms with Gasteiger partial charge >= 0.3 is 5.97 Å². The van der Waals surface area contributed by atoms with E-state index in [1.807, 2.05) is 0 Å². The third-order valence-electron chi connectivity index (χ3n) is 0.678. The molecule has 0 aromatic rings. The van der Waals surface area contributed by atoms with Crippen LogP contribution in [0, 0.1) is 5.41 Å². The van der Waals surface area contributed by atoms with Crippen LogP contribution in [0.1, 0.15) is 13.8 Å². The molecule has 0 aromatic carbocycles. The van der Waals surface area contributed by atoms with E-state index in [-0.39, 0.29) is 5.97 Å². The van der Waals surface area contributed by atoms with Gasteiger partial charge in [-0.25, -0.2) is 4.79 Å². The summed E-state index contributed by atoms with van der Waals surface area (Å²) in [4.78, 5) is 10.2. The Morgan fingerprint density at radius 1 is 1.73 bits per heavy atom. The number of nitrogens with one attached hydrogen (secondary N) is 1. The zero-order valence-electron chi connectivity index (χ0n) is 7.10. The molecule has 0 amide bonds. The van der Waals surface area contributed by atoms with Crippen molar-refractivity contribution in [3.8, 4) is 0 Å². The Labute approximate surface area is 66.9 Å². The molecule has 0 heterocycles. The van der Waals surface area contributed by atoms with Crippen molar-refractivity contribution in [1.82, 2.24) is 0 Å². The van der Waals surface area contributed by atoms with Crippen molar-refractivity contribution in [3.05, 3.63) is 18.2 Å². The second kappa shape index (κ2) is 8.66. The van der Waals surface area contributed by atoms with Gasteiger partial charge < -0.3 is 4.74 Å². The smallest absolute Gasteiger partial charge is 0.332 e. The lowest BCUT2D eigenvalue weighted by atomic mass is 10.4. The molecule has 0 aromatic heterocycles. The predicted molar refractivity (Wildman–Crippen MR) is 44.8 cm³/mol. The highest BCUT2D eigenvalue weighted by molar-refractivity contribution is 5.86. The lowest BCUT2D eigenvalue weighted by Crippen LogP contribution is -1.98. The van der Waals surface area contributed by atoms with Gasteiger partial charge in [0.25, 0.3) is 0 Å². The number of ether oxygens (including phenoxy) is 1. The van der Waals surface area contributed by atoms with Crippen LogP contribution in [-0.2, 0) is 9.53 Å². The molecule has 11 heavy (non-hydrogen) atoms. The summed E-state index contributed by atoms with van der Waals surface area (Å²) in [5.74, 6) is 1.71. The molecule has 3 nitrogen and oxygen atoms in total. The van der Waals surface area contributed by atoms with E-state index in [9.17, 15) is 4.79 Å². The Kier molecular flexibility index (Phi) is 9.72. The first-order chi connectivity index (χ1) is 5.09. The molecule has 0 rings (SSSR count). The lowest BCUT2D eigenvalue weighted by molar-refractivity contribution is -0.136. The van der Waals surface area contributed by atoms with Gasteiger partial charge in [-0.05, 0) is 25.8 Å². The minimum absolute atomic E-state index is 0.347. The molecular weight excluding hydrogens is 142 g/mol. The summed E-state index contributed by atoms with van der Waals surface area (Å²) in [5, 5.41) is 6.15. The topological polar surface area (TPSA) is 50.2 Å². The summed E-state index contributed by atoms with van der Waals surface area (Å²) in [6.45, 7) is 6.71. The van der Waals surface area contributed by atoms with Crippen molar-refractivity contribution >= 4 is 11.8 Å². The summed E-state index contributed by atoms with van der Waals surface area (Å²) in [7, 11) is 1.33. The van der Waals surface area contributed by atoms with Gasteiger partial charge in [0.1, 0.15) is 0 Å². The van der Waals surface area contributed by atoms with Gasteiger partial charge in [-0.3, -0.25) is 5.41 Å². The van der Waals surface area contributed by atoms with E-state index in [1.165, 1.54) is 7.11 Å². The Morgan fingerprint density at radius 2 is 2.09 bits per heavy atom. The third kappa shape index (κ3) is 12.0. The minimum atomic E-state index is -0.347. The maximum Gasteiger partial charge on any atom is 0.332 e. The maximum absolute atomic E-state index is 10.2. The van der Waals surface area contributed by atoms with Gasteiger partial charge in [-0.1, -0.05) is 6.58 Å². The first-order valence-corrected chi connectivity index (χ1v) is 3.04. The second-order valence-electron chi connectivity index (χ2n) is 1.70. The fourth-order valence-corrected chi connectivity index (χ4v) is 0.174. The van der Waals surface area contributed by atoms with Crippen LogP contribution in [-0.4, -0.2) is 18.9 Å². The highest BCUT2D eigenvalue weighted by Gasteiger charge is 1.95. The van der Waals surface area contributed by atoms with Crippen molar-refractivity contribution in [3.63, 3.8) is 0 Å². The van der Waals surface area contributed by atoms with Crippen molar-refractivity contribution in [2.75, 3.05) is 7.11 Å². The summed E-state index contributed by atoms with van der Waals surface area (Å²) < 4.78 is 4.27. The Hall–Kier alpha value is -1.34. The van der Waals surface area contributed by atoms with E-state index >= 15 is 0 Å². The van der Waals surface area contributed by atoms with Crippen LogP contribution in [0.15, 0.2) is 18.2 Å². The highest BCUT2D eigenvalue weighted by Crippen LogP contribution is 1.87. The number of carbonyl (C=O) groups excluding carboxylic acids is 1. The molecule has 0 fully saturated rings. The van der Waals surface area contributed by atoms with Gasteiger partial charge in [-0.15, -0.1) is 0 Å². The SMILES string of the molecule is C=C(C)C(=O)OC.CC=C=N. The number of allylic oxidation sites excluding steroid dienone is 1. The molecule has 0 aliphatic rings. The summed E-state index contributed by atoms with van der Waals surface area (Å²) in [6, 6.07) is 0. The zero-order chi connectivity index (χ0) is 9.28. The fourth-order valence-electron chi connectivity index (χ4n) is 0.174. The molecule has 0 atom stereocenters. The molecule has 0 bridgehead atoms. The normalized spacial score (nSPS) is 6.45. The largest absolute Gasteiger partial charge is 0.466 e. The fraction of sp³-hybridized carbons (Fsp3) is 0.375. The summed E-state index contributed by atoms with van der Waals surface area (Å²) in [5.41, 5.74) is 0.433. The first kappa shape index (κ1) is 12.3. The average molecular weight is 155 g/mol. The van der Waals surface area contributed by atoms with Gasteiger partial charge in [0.05, 0.1) is 7.11 Å². The number of esters is 1. The van der Waals surface area contributed by atoms with Crippen molar-refractivity contribution in [2.45, 2.75) is 13.8 Å². The number of hydrogen-bond acceptors (Lipinski definition) is 3. The number of rotatable bonds is 1. The highest BCUT2D eigenvalue weighted by atomic mass is 16.5. The van der Waals surface area contributed by atoms with E-state index in [2.05, 4.69) is 17.2 Å². The summed E-state index contributed by atoms with van der Waals surface area (Å²) >= 11 is 0. The monoisotopic (exact) mass is 155 g/mol. The molecule has 0 aliphatic carbocycles. The minimum Gasteiger partial charge on any atom is -0.466 e. The predicted octanol–water partition coefficient (Wildman–Crippen LogP) is 1.55. The molecule has 0 radical (unpaired) electrons. The van der Waals surface area contributed by atoms with Crippen LogP contribution >= 0.6 is 0 Å². The van der Waals surface area contributed by atoms with Crippen LogP contribution in [0.4, 0.5) is 0 Å². The molecule has 0 saturated heterocycles. The molecule has 1 N–H and O–H groups in total.